The number of hydrogen-bond donors (Lipinski definition) is 1. The minimum absolute atomic E-state index is 0.200. The molecule has 1 unspecified atom stereocenters. The van der Waals surface area contributed by atoms with Gasteiger partial charge in [0.15, 0.2) is 0 Å². The lowest BCUT2D eigenvalue weighted by molar-refractivity contribution is -0.126. The summed E-state index contributed by atoms with van der Waals surface area (Å²) in [4.78, 5) is 11.4. The first-order valence-electron chi connectivity index (χ1n) is 4.88. The molecule has 0 fully saturated rings. The molecule has 0 rings (SSSR count). The van der Waals surface area contributed by atoms with E-state index < -0.39 is 0 Å². The average Bonchev–Trinajstić information content (AvgIpc) is 2.11. The Kier molecular flexibility index (Phi) is 5.77. The molecule has 12 heavy (non-hydrogen) atoms. The lowest BCUT2D eigenvalue weighted by Crippen LogP contribution is -2.31. The molecule has 0 aliphatic heterocycles. The first-order chi connectivity index (χ1) is 5.67. The predicted octanol–water partition coefficient (Wildman–Crippen LogP) is 2.19. The summed E-state index contributed by atoms with van der Waals surface area (Å²) in [6, 6.07) is 0. The van der Waals surface area contributed by atoms with Gasteiger partial charge in [-0.1, -0.05) is 33.6 Å². The van der Waals surface area contributed by atoms with E-state index in [0.717, 1.165) is 19.3 Å². The molecule has 0 saturated carbocycles. The normalized spacial score (nSPS) is 15.3. The van der Waals surface area contributed by atoms with Crippen molar-refractivity contribution in [1.82, 2.24) is 5.32 Å². The molecule has 0 bridgehead atoms. The number of rotatable bonds is 5. The van der Waals surface area contributed by atoms with E-state index in [9.17, 15) is 4.79 Å². The Morgan fingerprint density at radius 1 is 1.42 bits per heavy atom. The molecule has 0 spiro atoms. The maximum Gasteiger partial charge on any atom is 0.223 e. The highest BCUT2D eigenvalue weighted by Gasteiger charge is 2.21. The molecule has 2 heteroatoms. The molecular weight excluding hydrogens is 150 g/mol. The second kappa shape index (κ2) is 6.04. The number of carbonyl (C=O) groups is 1. The number of nitrogens with one attached hydrogen (secondary N) is 1. The summed E-state index contributed by atoms with van der Waals surface area (Å²) < 4.78 is 0. The molecule has 0 saturated heterocycles. The lowest BCUT2D eigenvalue weighted by atomic mass is 9.87. The van der Waals surface area contributed by atoms with Gasteiger partial charge in [-0.05, 0) is 12.3 Å². The standard InChI is InChI=1S/C10H21NO/c1-5-7-9(8(3)6-2)10(12)11-4/h8-9H,5-7H2,1-4H3,(H,11,12)/t8-,9?/m1/s1. The van der Waals surface area contributed by atoms with Crippen molar-refractivity contribution in [1.29, 1.82) is 0 Å². The van der Waals surface area contributed by atoms with Gasteiger partial charge in [0.2, 0.25) is 5.91 Å². The van der Waals surface area contributed by atoms with Crippen molar-refractivity contribution in [3.63, 3.8) is 0 Å². The van der Waals surface area contributed by atoms with Crippen molar-refractivity contribution in [3.05, 3.63) is 0 Å². The van der Waals surface area contributed by atoms with Crippen molar-refractivity contribution in [3.8, 4) is 0 Å². The van der Waals surface area contributed by atoms with Gasteiger partial charge in [-0.3, -0.25) is 4.79 Å². The van der Waals surface area contributed by atoms with Crippen molar-refractivity contribution in [2.75, 3.05) is 7.05 Å². The Balaban J connectivity index is 4.11. The van der Waals surface area contributed by atoms with Crippen LogP contribution in [0.5, 0.6) is 0 Å². The molecule has 72 valence electrons. The lowest BCUT2D eigenvalue weighted by Gasteiger charge is -2.20. The zero-order valence-electron chi connectivity index (χ0n) is 8.68. The maximum atomic E-state index is 11.4. The van der Waals surface area contributed by atoms with Gasteiger partial charge in [-0.25, -0.2) is 0 Å². The van der Waals surface area contributed by atoms with Crippen LogP contribution in [0.2, 0.25) is 0 Å². The smallest absolute Gasteiger partial charge is 0.223 e. The van der Waals surface area contributed by atoms with Gasteiger partial charge in [0.1, 0.15) is 0 Å². The van der Waals surface area contributed by atoms with E-state index in [0.29, 0.717) is 5.92 Å². The van der Waals surface area contributed by atoms with Crippen LogP contribution in [0.25, 0.3) is 0 Å². The Morgan fingerprint density at radius 2 is 2.00 bits per heavy atom. The monoisotopic (exact) mass is 171 g/mol. The van der Waals surface area contributed by atoms with E-state index in [1.807, 2.05) is 0 Å². The van der Waals surface area contributed by atoms with Gasteiger partial charge in [0.25, 0.3) is 0 Å². The zero-order chi connectivity index (χ0) is 9.56. The van der Waals surface area contributed by atoms with Crippen molar-refractivity contribution in [2.24, 2.45) is 11.8 Å². The summed E-state index contributed by atoms with van der Waals surface area (Å²) in [5.74, 6) is 0.918. The Labute approximate surface area is 75.7 Å². The molecule has 0 aliphatic carbocycles. The highest BCUT2D eigenvalue weighted by molar-refractivity contribution is 5.78. The minimum Gasteiger partial charge on any atom is -0.359 e. The van der Waals surface area contributed by atoms with Gasteiger partial charge < -0.3 is 5.32 Å². The van der Waals surface area contributed by atoms with Gasteiger partial charge in [-0.15, -0.1) is 0 Å². The average molecular weight is 171 g/mol. The number of hydrogen-bond acceptors (Lipinski definition) is 1. The molecular formula is C10H21NO. The largest absolute Gasteiger partial charge is 0.359 e. The van der Waals surface area contributed by atoms with Crippen molar-refractivity contribution < 1.29 is 4.79 Å². The highest BCUT2D eigenvalue weighted by atomic mass is 16.1. The summed E-state index contributed by atoms with van der Waals surface area (Å²) in [6.07, 6.45) is 3.18. The van der Waals surface area contributed by atoms with Gasteiger partial charge in [0.05, 0.1) is 0 Å². The fraction of sp³-hybridized carbons (Fsp3) is 0.900. The van der Waals surface area contributed by atoms with Crippen LogP contribution in [0.4, 0.5) is 0 Å². The molecule has 0 aromatic carbocycles. The number of amides is 1. The summed E-state index contributed by atoms with van der Waals surface area (Å²) in [5, 5.41) is 2.73. The molecule has 0 aromatic rings. The molecule has 1 amide bonds. The van der Waals surface area contributed by atoms with Crippen molar-refractivity contribution in [2.45, 2.75) is 40.0 Å². The van der Waals surface area contributed by atoms with Crippen molar-refractivity contribution >= 4 is 5.91 Å². The van der Waals surface area contributed by atoms with Crippen LogP contribution < -0.4 is 5.32 Å². The second-order valence-corrected chi connectivity index (χ2v) is 3.39. The minimum atomic E-state index is 0.200. The third-order valence-corrected chi connectivity index (χ3v) is 2.51. The zero-order valence-corrected chi connectivity index (χ0v) is 8.68. The summed E-state index contributed by atoms with van der Waals surface area (Å²) >= 11 is 0. The highest BCUT2D eigenvalue weighted by Crippen LogP contribution is 2.20. The van der Waals surface area contributed by atoms with Crippen LogP contribution >= 0.6 is 0 Å². The topological polar surface area (TPSA) is 29.1 Å². The quantitative estimate of drug-likeness (QED) is 0.675. The van der Waals surface area contributed by atoms with Crippen LogP contribution in [-0.4, -0.2) is 13.0 Å². The molecule has 0 aliphatic rings. The summed E-state index contributed by atoms with van der Waals surface area (Å²) in [6.45, 7) is 6.41. The first-order valence-corrected chi connectivity index (χ1v) is 4.88. The SMILES string of the molecule is CCCC(C(=O)NC)[C@H](C)CC. The van der Waals surface area contributed by atoms with E-state index in [2.05, 4.69) is 26.1 Å². The van der Waals surface area contributed by atoms with E-state index in [1.165, 1.54) is 0 Å². The van der Waals surface area contributed by atoms with Crippen LogP contribution in [0.1, 0.15) is 40.0 Å². The molecule has 0 radical (unpaired) electrons. The van der Waals surface area contributed by atoms with Crippen LogP contribution in [0, 0.1) is 11.8 Å². The Hall–Kier alpha value is -0.530. The third kappa shape index (κ3) is 3.24. The van der Waals surface area contributed by atoms with Gasteiger partial charge >= 0.3 is 0 Å². The predicted molar refractivity (Wildman–Crippen MR) is 51.9 cm³/mol. The van der Waals surface area contributed by atoms with E-state index >= 15 is 0 Å². The fourth-order valence-electron chi connectivity index (χ4n) is 1.45. The second-order valence-electron chi connectivity index (χ2n) is 3.39. The third-order valence-electron chi connectivity index (χ3n) is 2.51. The van der Waals surface area contributed by atoms with Crippen LogP contribution in [0.15, 0.2) is 0 Å². The molecule has 2 nitrogen and oxygen atoms in total. The van der Waals surface area contributed by atoms with Crippen LogP contribution in [0.3, 0.4) is 0 Å². The Morgan fingerprint density at radius 3 is 2.33 bits per heavy atom. The Bertz CT molecular complexity index is 134. The van der Waals surface area contributed by atoms with E-state index in [-0.39, 0.29) is 11.8 Å². The van der Waals surface area contributed by atoms with Gasteiger partial charge in [0, 0.05) is 13.0 Å². The molecule has 2 atom stereocenters. The summed E-state index contributed by atoms with van der Waals surface area (Å²) in [7, 11) is 1.72. The van der Waals surface area contributed by atoms with E-state index in [1.54, 1.807) is 7.05 Å². The molecule has 0 heterocycles. The molecule has 0 aromatic heterocycles. The van der Waals surface area contributed by atoms with Gasteiger partial charge in [-0.2, -0.15) is 0 Å². The fourth-order valence-corrected chi connectivity index (χ4v) is 1.45. The maximum absolute atomic E-state index is 11.4. The summed E-state index contributed by atoms with van der Waals surface area (Å²) in [5.41, 5.74) is 0. The number of carbonyl (C=O) groups excluding carboxylic acids is 1. The van der Waals surface area contributed by atoms with Crippen LogP contribution in [-0.2, 0) is 4.79 Å². The first kappa shape index (κ1) is 11.5. The van der Waals surface area contributed by atoms with E-state index in [4.69, 9.17) is 0 Å². The molecule has 1 N–H and O–H groups in total.